The van der Waals surface area contributed by atoms with Gasteiger partial charge in [-0.1, -0.05) is 39.5 Å². The molecule has 1 radical (unpaired) electrons. The molecule has 0 bridgehead atoms. The molecular weight excluding hydrogens is 292 g/mol. The molecule has 1 aromatic rings. The van der Waals surface area contributed by atoms with E-state index in [0.717, 1.165) is 19.3 Å². The summed E-state index contributed by atoms with van der Waals surface area (Å²) in [6, 6.07) is 4.55. The van der Waals surface area contributed by atoms with Crippen molar-refractivity contribution in [3.05, 3.63) is 29.3 Å². The molecule has 0 saturated carbocycles. The Balaban J connectivity index is 2.65. The van der Waals surface area contributed by atoms with Gasteiger partial charge in [-0.25, -0.2) is 0 Å². The summed E-state index contributed by atoms with van der Waals surface area (Å²) in [6.45, 7) is 4.02. The second kappa shape index (κ2) is 10.7. The van der Waals surface area contributed by atoms with Crippen molar-refractivity contribution in [2.75, 3.05) is 0 Å². The third-order valence-electron chi connectivity index (χ3n) is 3.60. The molecule has 0 N–H and O–H groups in total. The summed E-state index contributed by atoms with van der Waals surface area (Å²) in [5.74, 6) is -0.221. The number of hydrogen-bond donors (Lipinski definition) is 0. The van der Waals surface area contributed by atoms with E-state index in [4.69, 9.17) is 4.74 Å². The normalized spacial score (nSPS) is 10.3. The van der Waals surface area contributed by atoms with Crippen LogP contribution in [-0.2, 0) is 9.59 Å². The molecule has 0 spiro atoms. The first-order chi connectivity index (χ1) is 11.1. The highest BCUT2D eigenvalue weighted by Gasteiger charge is 2.13. The van der Waals surface area contributed by atoms with Crippen LogP contribution in [0.5, 0.6) is 5.75 Å². The topological polar surface area (TPSA) is 60.4 Å². The van der Waals surface area contributed by atoms with Gasteiger partial charge in [-0.05, 0) is 31.0 Å². The lowest BCUT2D eigenvalue weighted by atomic mass is 10.0. The zero-order chi connectivity index (χ0) is 17.1. The van der Waals surface area contributed by atoms with Crippen molar-refractivity contribution in [3.63, 3.8) is 0 Å². The molecule has 0 aromatic heterocycles. The smallest absolute Gasteiger partial charge is 0.311 e. The van der Waals surface area contributed by atoms with E-state index in [2.05, 4.69) is 6.92 Å². The predicted octanol–water partition coefficient (Wildman–Crippen LogP) is 4.39. The van der Waals surface area contributed by atoms with Crippen LogP contribution in [0.15, 0.2) is 18.2 Å². The molecule has 0 fully saturated rings. The quantitative estimate of drug-likeness (QED) is 0.263. The van der Waals surface area contributed by atoms with E-state index in [0.29, 0.717) is 18.4 Å². The van der Waals surface area contributed by atoms with Crippen LogP contribution in [0.2, 0.25) is 0 Å². The summed E-state index contributed by atoms with van der Waals surface area (Å²) in [5.41, 5.74) is 0.584. The average molecular weight is 317 g/mol. The Labute approximate surface area is 138 Å². The fourth-order valence-electron chi connectivity index (χ4n) is 2.28. The molecule has 0 saturated heterocycles. The van der Waals surface area contributed by atoms with Gasteiger partial charge in [0.2, 0.25) is 6.29 Å². The average Bonchev–Trinajstić information content (AvgIpc) is 2.55. The van der Waals surface area contributed by atoms with Crippen LogP contribution in [0.1, 0.15) is 81.1 Å². The number of carbonyl (C=O) groups excluding carboxylic acids is 3. The first-order valence-electron chi connectivity index (χ1n) is 8.38. The standard InChI is InChI=1S/C19H25O4/c1-3-5-6-7-8-10-17(21)15-11-12-18(16(13-15)14-20)23-19(22)9-4-2/h11-13H,3-10H2,1-2H3. The monoisotopic (exact) mass is 317 g/mol. The maximum absolute atomic E-state index is 12.1. The fraction of sp³-hybridized carbons (Fsp3) is 0.526. The van der Waals surface area contributed by atoms with Crippen LogP contribution in [0.3, 0.4) is 0 Å². The van der Waals surface area contributed by atoms with Gasteiger partial charge in [0.15, 0.2) is 5.78 Å². The highest BCUT2D eigenvalue weighted by molar-refractivity contribution is 5.98. The molecule has 0 heterocycles. The van der Waals surface area contributed by atoms with E-state index in [-0.39, 0.29) is 29.5 Å². The van der Waals surface area contributed by atoms with Crippen LogP contribution in [-0.4, -0.2) is 18.0 Å². The first-order valence-corrected chi connectivity index (χ1v) is 8.38. The molecule has 1 rings (SSSR count). The van der Waals surface area contributed by atoms with Crippen LogP contribution < -0.4 is 4.74 Å². The molecule has 4 heteroatoms. The molecule has 0 aliphatic heterocycles. The van der Waals surface area contributed by atoms with Crippen LogP contribution in [0.4, 0.5) is 0 Å². The molecule has 0 aliphatic rings. The number of Topliss-reactive ketones (excluding diaryl/α,β-unsaturated/α-hetero) is 1. The molecule has 23 heavy (non-hydrogen) atoms. The van der Waals surface area contributed by atoms with Crippen molar-refractivity contribution in [2.45, 2.75) is 65.2 Å². The van der Waals surface area contributed by atoms with Gasteiger partial charge >= 0.3 is 5.97 Å². The molecule has 1 aromatic carbocycles. The predicted molar refractivity (Wildman–Crippen MR) is 89.5 cm³/mol. The lowest BCUT2D eigenvalue weighted by molar-refractivity contribution is -0.134. The van der Waals surface area contributed by atoms with E-state index >= 15 is 0 Å². The van der Waals surface area contributed by atoms with Gasteiger partial charge in [0.25, 0.3) is 0 Å². The lowest BCUT2D eigenvalue weighted by Crippen LogP contribution is -2.09. The Hall–Kier alpha value is -1.97. The number of rotatable bonds is 11. The summed E-state index contributed by atoms with van der Waals surface area (Å²) >= 11 is 0. The minimum atomic E-state index is -0.390. The van der Waals surface area contributed by atoms with E-state index in [1.54, 1.807) is 12.4 Å². The van der Waals surface area contributed by atoms with E-state index in [9.17, 15) is 14.4 Å². The van der Waals surface area contributed by atoms with E-state index in [1.165, 1.54) is 25.0 Å². The second-order valence-electron chi connectivity index (χ2n) is 5.62. The molecular formula is C19H25O4. The highest BCUT2D eigenvalue weighted by atomic mass is 16.5. The Kier molecular flexibility index (Phi) is 8.88. The third kappa shape index (κ3) is 6.76. The van der Waals surface area contributed by atoms with Crippen LogP contribution in [0, 0.1) is 0 Å². The van der Waals surface area contributed by atoms with Crippen molar-refractivity contribution >= 4 is 18.0 Å². The molecule has 0 aliphatic carbocycles. The number of benzene rings is 1. The maximum atomic E-state index is 12.1. The summed E-state index contributed by atoms with van der Waals surface area (Å²) in [7, 11) is 0. The van der Waals surface area contributed by atoms with E-state index in [1.807, 2.05) is 6.92 Å². The number of carbonyl (C=O) groups is 2. The number of hydrogen-bond acceptors (Lipinski definition) is 4. The van der Waals surface area contributed by atoms with Crippen molar-refractivity contribution < 1.29 is 19.1 Å². The van der Waals surface area contributed by atoms with Crippen molar-refractivity contribution in [3.8, 4) is 5.75 Å². The second-order valence-corrected chi connectivity index (χ2v) is 5.62. The van der Waals surface area contributed by atoms with Gasteiger partial charge in [0, 0.05) is 18.4 Å². The number of esters is 1. The zero-order valence-electron chi connectivity index (χ0n) is 14.0. The SMILES string of the molecule is CCCCCCCC(=O)c1ccc(OC(=O)CCC)c([C]=O)c1. The maximum Gasteiger partial charge on any atom is 0.311 e. The van der Waals surface area contributed by atoms with Gasteiger partial charge in [-0.3, -0.25) is 14.4 Å². The number of ether oxygens (including phenoxy) is 1. The van der Waals surface area contributed by atoms with Crippen molar-refractivity contribution in [1.82, 2.24) is 0 Å². The lowest BCUT2D eigenvalue weighted by Gasteiger charge is -2.08. The zero-order valence-corrected chi connectivity index (χ0v) is 14.0. The van der Waals surface area contributed by atoms with Gasteiger partial charge in [0.05, 0.1) is 5.56 Å². The van der Waals surface area contributed by atoms with Gasteiger partial charge < -0.3 is 4.74 Å². The highest BCUT2D eigenvalue weighted by Crippen LogP contribution is 2.21. The largest absolute Gasteiger partial charge is 0.426 e. The van der Waals surface area contributed by atoms with Gasteiger partial charge in [0.1, 0.15) is 5.75 Å². The van der Waals surface area contributed by atoms with Gasteiger partial charge in [-0.15, -0.1) is 0 Å². The first kappa shape index (κ1) is 19.1. The van der Waals surface area contributed by atoms with Crippen molar-refractivity contribution in [1.29, 1.82) is 0 Å². The molecule has 0 amide bonds. The van der Waals surface area contributed by atoms with Crippen molar-refractivity contribution in [2.24, 2.45) is 0 Å². The number of unbranched alkanes of at least 4 members (excludes halogenated alkanes) is 4. The van der Waals surface area contributed by atoms with Crippen LogP contribution >= 0.6 is 0 Å². The summed E-state index contributed by atoms with van der Waals surface area (Å²) < 4.78 is 5.12. The van der Waals surface area contributed by atoms with Gasteiger partial charge in [-0.2, -0.15) is 0 Å². The minimum Gasteiger partial charge on any atom is -0.426 e. The minimum absolute atomic E-state index is 0.00410. The molecule has 125 valence electrons. The number of ketones is 1. The summed E-state index contributed by atoms with van der Waals surface area (Å²) in [5, 5.41) is 0. The molecule has 0 atom stereocenters. The van der Waals surface area contributed by atoms with E-state index < -0.39 is 0 Å². The Morgan fingerprint density at radius 2 is 1.74 bits per heavy atom. The fourth-order valence-corrected chi connectivity index (χ4v) is 2.28. The third-order valence-corrected chi connectivity index (χ3v) is 3.60. The Bertz CT molecular complexity index is 534. The van der Waals surface area contributed by atoms with Crippen LogP contribution in [0.25, 0.3) is 0 Å². The summed E-state index contributed by atoms with van der Waals surface area (Å²) in [4.78, 5) is 34.7. The Morgan fingerprint density at radius 1 is 1.00 bits per heavy atom. The molecule has 0 unspecified atom stereocenters. The Morgan fingerprint density at radius 3 is 2.39 bits per heavy atom. The molecule has 4 nitrogen and oxygen atoms in total. The summed E-state index contributed by atoms with van der Waals surface area (Å²) in [6.07, 6.45) is 8.57.